The van der Waals surface area contributed by atoms with Crippen molar-refractivity contribution in [3.8, 4) is 0 Å². The molecule has 0 fully saturated rings. The van der Waals surface area contributed by atoms with Crippen molar-refractivity contribution in [3.05, 3.63) is 34.1 Å². The minimum atomic E-state index is -0.216. The van der Waals surface area contributed by atoms with E-state index in [-0.39, 0.29) is 11.9 Å². The third kappa shape index (κ3) is 4.25. The molecule has 5 heteroatoms. The number of hydrogen-bond donors (Lipinski definition) is 3. The molecular weight excluding hydrogens is 261 g/mol. The Hall–Kier alpha value is -0.490. The molecule has 0 aliphatic heterocycles. The molecule has 0 bridgehead atoms. The van der Waals surface area contributed by atoms with Gasteiger partial charge in [0.2, 0.25) is 0 Å². The van der Waals surface area contributed by atoms with E-state index < -0.39 is 0 Å². The summed E-state index contributed by atoms with van der Waals surface area (Å²) in [7, 11) is 0. The number of rotatable bonds is 5. The predicted molar refractivity (Wildman–Crippen MR) is 62.8 cm³/mol. The highest BCUT2D eigenvalue weighted by Gasteiger charge is 2.03. The van der Waals surface area contributed by atoms with E-state index in [4.69, 9.17) is 11.5 Å². The van der Waals surface area contributed by atoms with Crippen LogP contribution >= 0.6 is 15.9 Å². The second kappa shape index (κ2) is 6.17. The normalized spacial score (nSPS) is 12.8. The molecule has 0 aliphatic carbocycles. The highest BCUT2D eigenvalue weighted by atomic mass is 79.9. The Balaban J connectivity index is 2.46. The van der Waals surface area contributed by atoms with Crippen molar-refractivity contribution in [1.82, 2.24) is 5.32 Å². The van der Waals surface area contributed by atoms with Crippen LogP contribution in [0.4, 0.5) is 4.39 Å². The molecular formula is C10H15BrFN3. The average molecular weight is 276 g/mol. The summed E-state index contributed by atoms with van der Waals surface area (Å²) in [4.78, 5) is 0. The molecule has 0 heterocycles. The van der Waals surface area contributed by atoms with Crippen LogP contribution < -0.4 is 16.8 Å². The van der Waals surface area contributed by atoms with E-state index in [9.17, 15) is 4.39 Å². The Kier molecular flexibility index (Phi) is 5.17. The van der Waals surface area contributed by atoms with Crippen LogP contribution in [-0.2, 0) is 6.54 Å². The lowest BCUT2D eigenvalue weighted by atomic mass is 10.2. The first-order valence-electron chi connectivity index (χ1n) is 4.73. The molecule has 5 N–H and O–H groups in total. The van der Waals surface area contributed by atoms with Crippen molar-refractivity contribution < 1.29 is 4.39 Å². The molecule has 1 aromatic rings. The van der Waals surface area contributed by atoms with Gasteiger partial charge in [0.1, 0.15) is 5.82 Å². The molecule has 1 aromatic carbocycles. The number of nitrogens with two attached hydrogens (primary N) is 2. The number of benzene rings is 1. The molecule has 0 saturated heterocycles. The Morgan fingerprint density at radius 3 is 2.87 bits per heavy atom. The van der Waals surface area contributed by atoms with E-state index >= 15 is 0 Å². The van der Waals surface area contributed by atoms with Crippen LogP contribution in [0.5, 0.6) is 0 Å². The lowest BCUT2D eigenvalue weighted by molar-refractivity contribution is 0.555. The smallest absolute Gasteiger partial charge is 0.127 e. The lowest BCUT2D eigenvalue weighted by Crippen LogP contribution is -2.39. The van der Waals surface area contributed by atoms with Crippen LogP contribution in [0.1, 0.15) is 5.56 Å². The zero-order valence-electron chi connectivity index (χ0n) is 8.34. The molecule has 1 rings (SSSR count). The van der Waals surface area contributed by atoms with Crippen molar-refractivity contribution in [2.24, 2.45) is 11.5 Å². The quantitative estimate of drug-likeness (QED) is 0.750. The number of nitrogens with one attached hydrogen (secondary N) is 1. The Bertz CT molecular complexity index is 320. The SMILES string of the molecule is NCC(N)CNCc1cc(Br)ccc1F. The summed E-state index contributed by atoms with van der Waals surface area (Å²) in [5.74, 6) is -0.216. The summed E-state index contributed by atoms with van der Waals surface area (Å²) < 4.78 is 14.1. The van der Waals surface area contributed by atoms with Crippen LogP contribution in [0.25, 0.3) is 0 Å². The summed E-state index contributed by atoms with van der Waals surface area (Å²) in [5, 5.41) is 3.05. The maximum absolute atomic E-state index is 13.3. The van der Waals surface area contributed by atoms with Gasteiger partial charge < -0.3 is 16.8 Å². The lowest BCUT2D eigenvalue weighted by Gasteiger charge is -2.10. The summed E-state index contributed by atoms with van der Waals surface area (Å²) in [6, 6.07) is 4.77. The zero-order valence-corrected chi connectivity index (χ0v) is 9.93. The molecule has 15 heavy (non-hydrogen) atoms. The van der Waals surface area contributed by atoms with Crippen LogP contribution in [0.2, 0.25) is 0 Å². The van der Waals surface area contributed by atoms with Gasteiger partial charge in [0.05, 0.1) is 0 Å². The number of halogens is 2. The monoisotopic (exact) mass is 275 g/mol. The maximum atomic E-state index is 13.3. The molecule has 0 spiro atoms. The molecule has 0 saturated carbocycles. The molecule has 84 valence electrons. The van der Waals surface area contributed by atoms with Gasteiger partial charge in [0, 0.05) is 35.7 Å². The highest BCUT2D eigenvalue weighted by molar-refractivity contribution is 9.10. The van der Waals surface area contributed by atoms with Gasteiger partial charge in [-0.2, -0.15) is 0 Å². The fourth-order valence-corrected chi connectivity index (χ4v) is 1.56. The summed E-state index contributed by atoms with van der Waals surface area (Å²) in [6.45, 7) is 1.47. The minimum absolute atomic E-state index is 0.0831. The highest BCUT2D eigenvalue weighted by Crippen LogP contribution is 2.15. The van der Waals surface area contributed by atoms with Gasteiger partial charge in [-0.25, -0.2) is 4.39 Å². The Morgan fingerprint density at radius 2 is 2.20 bits per heavy atom. The van der Waals surface area contributed by atoms with Gasteiger partial charge in [-0.15, -0.1) is 0 Å². The van der Waals surface area contributed by atoms with Gasteiger partial charge in [0.15, 0.2) is 0 Å². The average Bonchev–Trinajstić information content (AvgIpc) is 2.23. The first kappa shape index (κ1) is 12.6. The molecule has 0 aliphatic rings. The second-order valence-electron chi connectivity index (χ2n) is 3.36. The van der Waals surface area contributed by atoms with E-state index in [0.29, 0.717) is 25.2 Å². The van der Waals surface area contributed by atoms with Crippen molar-refractivity contribution in [1.29, 1.82) is 0 Å². The van der Waals surface area contributed by atoms with Crippen molar-refractivity contribution in [2.75, 3.05) is 13.1 Å². The third-order valence-corrected chi connectivity index (χ3v) is 2.53. The molecule has 3 nitrogen and oxygen atoms in total. The van der Waals surface area contributed by atoms with Crippen LogP contribution in [-0.4, -0.2) is 19.1 Å². The van der Waals surface area contributed by atoms with Gasteiger partial charge in [-0.3, -0.25) is 0 Å². The molecule has 1 atom stereocenters. The van der Waals surface area contributed by atoms with E-state index in [1.54, 1.807) is 12.1 Å². The largest absolute Gasteiger partial charge is 0.329 e. The Morgan fingerprint density at radius 1 is 1.47 bits per heavy atom. The first-order chi connectivity index (χ1) is 7.13. The summed E-state index contributed by atoms with van der Waals surface area (Å²) >= 11 is 3.29. The van der Waals surface area contributed by atoms with Gasteiger partial charge >= 0.3 is 0 Å². The fraction of sp³-hybridized carbons (Fsp3) is 0.400. The van der Waals surface area contributed by atoms with E-state index in [1.165, 1.54) is 6.07 Å². The van der Waals surface area contributed by atoms with Crippen LogP contribution in [0, 0.1) is 5.82 Å². The first-order valence-corrected chi connectivity index (χ1v) is 5.53. The van der Waals surface area contributed by atoms with E-state index in [1.807, 2.05) is 0 Å². The van der Waals surface area contributed by atoms with E-state index in [2.05, 4.69) is 21.2 Å². The summed E-state index contributed by atoms with van der Waals surface area (Å²) in [6.07, 6.45) is 0. The molecule has 0 aromatic heterocycles. The zero-order chi connectivity index (χ0) is 11.3. The summed E-state index contributed by atoms with van der Waals surface area (Å²) in [5.41, 5.74) is 11.6. The Labute approximate surface area is 97.2 Å². The number of hydrogen-bond acceptors (Lipinski definition) is 3. The minimum Gasteiger partial charge on any atom is -0.329 e. The van der Waals surface area contributed by atoms with Gasteiger partial charge in [-0.1, -0.05) is 15.9 Å². The van der Waals surface area contributed by atoms with E-state index in [0.717, 1.165) is 4.47 Å². The molecule has 0 amide bonds. The molecule has 1 unspecified atom stereocenters. The van der Waals surface area contributed by atoms with Gasteiger partial charge in [-0.05, 0) is 18.2 Å². The van der Waals surface area contributed by atoms with Crippen molar-refractivity contribution >= 4 is 15.9 Å². The van der Waals surface area contributed by atoms with Crippen LogP contribution in [0.15, 0.2) is 22.7 Å². The maximum Gasteiger partial charge on any atom is 0.127 e. The standard InChI is InChI=1S/C10H15BrFN3/c11-8-1-2-10(12)7(3-8)5-15-6-9(14)4-13/h1-3,9,15H,4-6,13-14H2. The fourth-order valence-electron chi connectivity index (χ4n) is 1.15. The third-order valence-electron chi connectivity index (χ3n) is 2.03. The molecule has 0 radical (unpaired) electrons. The predicted octanol–water partition coefficient (Wildman–Crippen LogP) is 0.964. The van der Waals surface area contributed by atoms with Crippen molar-refractivity contribution in [3.63, 3.8) is 0 Å². The van der Waals surface area contributed by atoms with Crippen molar-refractivity contribution in [2.45, 2.75) is 12.6 Å². The van der Waals surface area contributed by atoms with Crippen LogP contribution in [0.3, 0.4) is 0 Å². The second-order valence-corrected chi connectivity index (χ2v) is 4.28. The topological polar surface area (TPSA) is 64.1 Å². The van der Waals surface area contributed by atoms with Gasteiger partial charge in [0.25, 0.3) is 0 Å².